The lowest BCUT2D eigenvalue weighted by molar-refractivity contribution is 0.0635. The highest BCUT2D eigenvalue weighted by Gasteiger charge is 2.35. The summed E-state index contributed by atoms with van der Waals surface area (Å²) in [5.41, 5.74) is 0.756. The maximum absolute atomic E-state index is 12.1. The summed E-state index contributed by atoms with van der Waals surface area (Å²) in [5, 5.41) is 3.01. The quantitative estimate of drug-likeness (QED) is 0.359. The van der Waals surface area contributed by atoms with Gasteiger partial charge in [-0.25, -0.2) is 18.7 Å². The zero-order valence-corrected chi connectivity index (χ0v) is 20.4. The van der Waals surface area contributed by atoms with Crippen LogP contribution in [-0.2, 0) is 16.0 Å². The van der Waals surface area contributed by atoms with Gasteiger partial charge in [0.15, 0.2) is 0 Å². The average molecular weight is 535 g/mol. The van der Waals surface area contributed by atoms with Gasteiger partial charge in [0.25, 0.3) is 0 Å². The van der Waals surface area contributed by atoms with Crippen molar-refractivity contribution in [2.24, 2.45) is 0 Å². The molecule has 2 heterocycles. The molecule has 0 radical (unpaired) electrons. The third-order valence-electron chi connectivity index (χ3n) is 4.05. The van der Waals surface area contributed by atoms with Gasteiger partial charge in [-0.05, 0) is 44.6 Å². The van der Waals surface area contributed by atoms with Gasteiger partial charge in [0.05, 0.1) is 22.0 Å². The standard InChI is InChI=1S/C19H21BrClN3O4S2/c1-19(2,3)28-18(25)23-14-8-7-12(21)15(22-14)16(24-30(26)27)13-9-10-5-4-6-11(20)17(10)29-13/h4-9,11,16-17,24H,1-3H3,(H,26,27)(H,22,23,25). The lowest BCUT2D eigenvalue weighted by Crippen LogP contribution is -2.28. The number of carbonyl (C=O) groups excluding carboxylic acids is 1. The lowest BCUT2D eigenvalue weighted by Gasteiger charge is -2.22. The molecule has 1 aromatic heterocycles. The number of halogens is 2. The predicted octanol–water partition coefficient (Wildman–Crippen LogP) is 5.11. The third kappa shape index (κ3) is 5.95. The summed E-state index contributed by atoms with van der Waals surface area (Å²) in [6.45, 7) is 5.27. The number of anilines is 1. The minimum atomic E-state index is -2.31. The number of nitrogens with one attached hydrogen (secondary N) is 2. The largest absolute Gasteiger partial charge is 0.444 e. The van der Waals surface area contributed by atoms with E-state index in [1.807, 2.05) is 24.3 Å². The second-order valence-electron chi connectivity index (χ2n) is 7.57. The minimum Gasteiger partial charge on any atom is -0.444 e. The Labute approximate surface area is 195 Å². The monoisotopic (exact) mass is 533 g/mol. The van der Waals surface area contributed by atoms with Crippen LogP contribution in [-0.4, -0.2) is 35.5 Å². The van der Waals surface area contributed by atoms with E-state index in [-0.39, 0.29) is 15.9 Å². The number of pyridine rings is 1. The molecule has 1 aliphatic heterocycles. The molecule has 2 aliphatic rings. The molecule has 0 saturated carbocycles. The number of fused-ring (bicyclic) bond motifs is 1. The summed E-state index contributed by atoms with van der Waals surface area (Å²) in [5.74, 6) is 0.222. The smallest absolute Gasteiger partial charge is 0.413 e. The van der Waals surface area contributed by atoms with Gasteiger partial charge in [-0.15, -0.1) is 11.8 Å². The number of nitrogens with zero attached hydrogens (tertiary/aromatic N) is 1. The van der Waals surface area contributed by atoms with Crippen LogP contribution in [0.4, 0.5) is 10.6 Å². The summed E-state index contributed by atoms with van der Waals surface area (Å²) < 4.78 is 29.0. The summed E-state index contributed by atoms with van der Waals surface area (Å²) in [6.07, 6.45) is 7.32. The molecule has 1 amide bonds. The van der Waals surface area contributed by atoms with E-state index in [1.54, 1.807) is 44.7 Å². The van der Waals surface area contributed by atoms with Crippen molar-refractivity contribution in [3.63, 3.8) is 0 Å². The van der Waals surface area contributed by atoms with E-state index >= 15 is 0 Å². The number of hydrogen-bond donors (Lipinski definition) is 3. The Balaban J connectivity index is 1.90. The van der Waals surface area contributed by atoms with Gasteiger partial charge in [-0.3, -0.25) is 9.87 Å². The van der Waals surface area contributed by atoms with Crippen LogP contribution in [0.3, 0.4) is 0 Å². The summed E-state index contributed by atoms with van der Waals surface area (Å²) in [6, 6.07) is 2.38. The molecule has 0 spiro atoms. The van der Waals surface area contributed by atoms with E-state index in [9.17, 15) is 13.6 Å². The van der Waals surface area contributed by atoms with Crippen LogP contribution in [0.1, 0.15) is 32.5 Å². The fraction of sp³-hybridized carbons (Fsp3) is 0.368. The molecule has 7 nitrogen and oxygen atoms in total. The number of thioether (sulfide) groups is 1. The first-order valence-corrected chi connectivity index (χ1v) is 12.3. The molecule has 4 atom stereocenters. The molecule has 1 aliphatic carbocycles. The second-order valence-corrected chi connectivity index (χ2v) is 11.0. The fourth-order valence-electron chi connectivity index (χ4n) is 2.90. The van der Waals surface area contributed by atoms with Crippen molar-refractivity contribution in [2.45, 2.75) is 42.5 Å². The summed E-state index contributed by atoms with van der Waals surface area (Å²) in [4.78, 5) is 17.4. The fourth-order valence-corrected chi connectivity index (χ4v) is 5.74. The first-order chi connectivity index (χ1) is 14.0. The van der Waals surface area contributed by atoms with Gasteiger partial charge < -0.3 is 4.74 Å². The van der Waals surface area contributed by atoms with Crippen LogP contribution >= 0.6 is 39.3 Å². The number of carbonyl (C=O) groups is 1. The van der Waals surface area contributed by atoms with Crippen molar-refractivity contribution in [3.05, 3.63) is 57.6 Å². The molecule has 1 aromatic rings. The maximum atomic E-state index is 12.1. The van der Waals surface area contributed by atoms with Gasteiger partial charge in [-0.1, -0.05) is 45.8 Å². The van der Waals surface area contributed by atoms with Crippen molar-refractivity contribution in [1.82, 2.24) is 9.71 Å². The van der Waals surface area contributed by atoms with E-state index in [1.165, 1.54) is 0 Å². The molecule has 0 aromatic carbocycles. The van der Waals surface area contributed by atoms with Crippen LogP contribution in [0, 0.1) is 0 Å². The Kier molecular flexibility index (Phi) is 7.47. The van der Waals surface area contributed by atoms with Crippen LogP contribution in [0.5, 0.6) is 0 Å². The van der Waals surface area contributed by atoms with Crippen molar-refractivity contribution in [1.29, 1.82) is 0 Å². The molecule has 3 N–H and O–H groups in total. The first kappa shape index (κ1) is 23.5. The van der Waals surface area contributed by atoms with E-state index in [0.717, 1.165) is 10.5 Å². The Hall–Kier alpha value is -1.17. The van der Waals surface area contributed by atoms with Crippen LogP contribution in [0.15, 0.2) is 46.9 Å². The van der Waals surface area contributed by atoms with E-state index < -0.39 is 29.0 Å². The zero-order valence-electron chi connectivity index (χ0n) is 16.4. The molecule has 3 rings (SSSR count). The molecular weight excluding hydrogens is 514 g/mol. The maximum Gasteiger partial charge on any atom is 0.413 e. The minimum absolute atomic E-state index is 0.139. The van der Waals surface area contributed by atoms with E-state index in [0.29, 0.717) is 10.7 Å². The highest BCUT2D eigenvalue weighted by Crippen LogP contribution is 2.47. The number of ether oxygens (including phenoxy) is 1. The molecule has 0 fully saturated rings. The van der Waals surface area contributed by atoms with Gasteiger partial charge in [0.1, 0.15) is 11.4 Å². The molecule has 162 valence electrons. The van der Waals surface area contributed by atoms with Crippen molar-refractivity contribution < 1.29 is 18.3 Å². The van der Waals surface area contributed by atoms with Crippen LogP contribution in [0.25, 0.3) is 0 Å². The number of hydrogen-bond acceptors (Lipinski definition) is 5. The average Bonchev–Trinajstić information content (AvgIpc) is 3.05. The molecule has 4 unspecified atom stereocenters. The lowest BCUT2D eigenvalue weighted by atomic mass is 10.0. The van der Waals surface area contributed by atoms with Gasteiger partial charge in [-0.2, -0.15) is 0 Å². The van der Waals surface area contributed by atoms with Crippen molar-refractivity contribution in [3.8, 4) is 0 Å². The van der Waals surface area contributed by atoms with Gasteiger partial charge >= 0.3 is 6.09 Å². The normalized spacial score (nSPS) is 22.6. The number of alkyl halides is 1. The SMILES string of the molecule is CC(C)(C)OC(=O)Nc1ccc(Cl)c(C(NS(=O)O)C2=CC3=CC=CC(Br)C3S2)n1. The number of rotatable bonds is 5. The van der Waals surface area contributed by atoms with Crippen molar-refractivity contribution >= 4 is 62.5 Å². The molecule has 30 heavy (non-hydrogen) atoms. The third-order valence-corrected chi connectivity index (χ3v) is 7.44. The Morgan fingerprint density at radius 1 is 1.43 bits per heavy atom. The molecule has 0 saturated heterocycles. The Bertz CT molecular complexity index is 962. The van der Waals surface area contributed by atoms with Crippen LogP contribution < -0.4 is 10.0 Å². The number of aromatic nitrogens is 1. The van der Waals surface area contributed by atoms with Gasteiger partial charge in [0.2, 0.25) is 11.3 Å². The molecule has 11 heteroatoms. The Morgan fingerprint density at radius 2 is 2.17 bits per heavy atom. The van der Waals surface area contributed by atoms with E-state index in [4.69, 9.17) is 16.3 Å². The highest BCUT2D eigenvalue weighted by atomic mass is 79.9. The summed E-state index contributed by atoms with van der Waals surface area (Å²) >= 11 is 9.27. The second kappa shape index (κ2) is 9.54. The zero-order chi connectivity index (χ0) is 22.1. The van der Waals surface area contributed by atoms with Crippen molar-refractivity contribution in [2.75, 3.05) is 5.32 Å². The van der Waals surface area contributed by atoms with Crippen LogP contribution in [0.2, 0.25) is 5.02 Å². The number of allylic oxidation sites excluding steroid dienone is 4. The number of amides is 1. The molecular formula is C19H21BrClN3O4S2. The van der Waals surface area contributed by atoms with Gasteiger partial charge in [0, 0.05) is 9.73 Å². The topological polar surface area (TPSA) is 101 Å². The first-order valence-electron chi connectivity index (χ1n) is 8.97. The molecule has 0 bridgehead atoms. The Morgan fingerprint density at radius 3 is 2.80 bits per heavy atom. The summed E-state index contributed by atoms with van der Waals surface area (Å²) in [7, 11) is 0. The van der Waals surface area contributed by atoms with E-state index in [2.05, 4.69) is 31.0 Å². The highest BCUT2D eigenvalue weighted by molar-refractivity contribution is 9.09. The predicted molar refractivity (Wildman–Crippen MR) is 125 cm³/mol.